The molecule has 0 aliphatic heterocycles. The van der Waals surface area contributed by atoms with Crippen LogP contribution >= 0.6 is 11.3 Å². The predicted molar refractivity (Wildman–Crippen MR) is 115 cm³/mol. The fourth-order valence-electron chi connectivity index (χ4n) is 3.88. The molecule has 1 fully saturated rings. The second-order valence-corrected chi connectivity index (χ2v) is 8.24. The third kappa shape index (κ3) is 4.15. The van der Waals surface area contributed by atoms with Gasteiger partial charge in [-0.1, -0.05) is 0 Å². The molecule has 0 spiro atoms. The standard InChI is InChI=1S/C20H21F3N6OS/c1-25-15-13(5-2-6-20(15,22)23)27-18-12(21)8-11(16(24)30)17(29-18)28-14-9-31-19-10(14)4-3-7-26-19/h3-4,7-9,13,15,25H,2,5-6H2,1H3,(H2,24,30)(H2,27,28,29)/t13-,15?/m1/s1. The van der Waals surface area contributed by atoms with Crippen molar-refractivity contribution in [2.24, 2.45) is 5.73 Å². The third-order valence-corrected chi connectivity index (χ3v) is 6.26. The van der Waals surface area contributed by atoms with Crippen LogP contribution < -0.4 is 21.7 Å². The molecule has 0 bridgehead atoms. The van der Waals surface area contributed by atoms with E-state index in [1.165, 1.54) is 18.4 Å². The topological polar surface area (TPSA) is 105 Å². The molecule has 0 aromatic carbocycles. The normalized spacial score (nSPS) is 20.5. The number of hydrogen-bond acceptors (Lipinski definition) is 7. The summed E-state index contributed by atoms with van der Waals surface area (Å²) >= 11 is 1.39. The molecule has 4 rings (SSSR count). The summed E-state index contributed by atoms with van der Waals surface area (Å²) in [6.45, 7) is 0. The molecule has 2 atom stereocenters. The molecular formula is C20H21F3N6OS. The van der Waals surface area contributed by atoms with E-state index in [9.17, 15) is 18.0 Å². The molecule has 164 valence electrons. The first kappa shape index (κ1) is 21.3. The Kier molecular flexibility index (Phi) is 5.71. The van der Waals surface area contributed by atoms with Crippen LogP contribution in [0.1, 0.15) is 29.6 Å². The van der Waals surface area contributed by atoms with Crippen molar-refractivity contribution in [3.63, 3.8) is 0 Å². The van der Waals surface area contributed by atoms with Crippen molar-refractivity contribution in [1.82, 2.24) is 15.3 Å². The zero-order valence-corrected chi connectivity index (χ0v) is 17.4. The van der Waals surface area contributed by atoms with Gasteiger partial charge >= 0.3 is 0 Å². The second-order valence-electron chi connectivity index (χ2n) is 7.38. The van der Waals surface area contributed by atoms with E-state index >= 15 is 0 Å². The molecule has 1 unspecified atom stereocenters. The molecule has 11 heteroatoms. The second kappa shape index (κ2) is 8.31. The Labute approximate surface area is 180 Å². The highest BCUT2D eigenvalue weighted by Gasteiger charge is 2.46. The van der Waals surface area contributed by atoms with E-state index in [0.29, 0.717) is 18.5 Å². The van der Waals surface area contributed by atoms with Gasteiger partial charge in [0.05, 0.1) is 17.3 Å². The highest BCUT2D eigenvalue weighted by atomic mass is 32.1. The number of fused-ring (bicyclic) bond motifs is 1. The van der Waals surface area contributed by atoms with Gasteiger partial charge in [-0.25, -0.2) is 23.1 Å². The molecule has 31 heavy (non-hydrogen) atoms. The van der Waals surface area contributed by atoms with Crippen LogP contribution in [0.5, 0.6) is 0 Å². The number of thiophene rings is 1. The molecule has 0 saturated heterocycles. The van der Waals surface area contributed by atoms with E-state index in [2.05, 4.69) is 25.9 Å². The maximum absolute atomic E-state index is 14.7. The van der Waals surface area contributed by atoms with Crippen LogP contribution in [0.15, 0.2) is 29.8 Å². The minimum Gasteiger partial charge on any atom is -0.365 e. The number of amides is 1. The van der Waals surface area contributed by atoms with Gasteiger partial charge in [0, 0.05) is 29.4 Å². The number of carbonyl (C=O) groups excluding carboxylic acids is 1. The van der Waals surface area contributed by atoms with E-state index in [1.54, 1.807) is 17.6 Å². The first-order valence-electron chi connectivity index (χ1n) is 9.71. The molecule has 1 saturated carbocycles. The number of nitrogens with zero attached hydrogens (tertiary/aromatic N) is 2. The number of nitrogens with one attached hydrogen (secondary N) is 3. The number of rotatable bonds is 6. The fourth-order valence-corrected chi connectivity index (χ4v) is 4.73. The van der Waals surface area contributed by atoms with Gasteiger partial charge in [-0.3, -0.25) is 4.79 Å². The zero-order chi connectivity index (χ0) is 22.2. The first-order valence-corrected chi connectivity index (χ1v) is 10.6. The average molecular weight is 450 g/mol. The smallest absolute Gasteiger partial charge is 0.265 e. The molecule has 1 amide bonds. The molecule has 1 aliphatic carbocycles. The lowest BCUT2D eigenvalue weighted by molar-refractivity contribution is -0.0654. The van der Waals surface area contributed by atoms with Gasteiger partial charge in [-0.05, 0) is 38.1 Å². The number of likely N-dealkylation sites (N-methyl/N-ethyl adjacent to an activating group) is 1. The monoisotopic (exact) mass is 450 g/mol. The number of aromatic nitrogens is 2. The number of alkyl halides is 2. The summed E-state index contributed by atoms with van der Waals surface area (Å²) < 4.78 is 43.3. The van der Waals surface area contributed by atoms with Crippen LogP contribution in [0.3, 0.4) is 0 Å². The van der Waals surface area contributed by atoms with E-state index in [0.717, 1.165) is 16.3 Å². The van der Waals surface area contributed by atoms with E-state index in [4.69, 9.17) is 5.73 Å². The van der Waals surface area contributed by atoms with E-state index in [-0.39, 0.29) is 23.6 Å². The van der Waals surface area contributed by atoms with Gasteiger partial charge in [0.2, 0.25) is 0 Å². The van der Waals surface area contributed by atoms with Crippen molar-refractivity contribution < 1.29 is 18.0 Å². The summed E-state index contributed by atoms with van der Waals surface area (Å²) in [7, 11) is 1.45. The maximum atomic E-state index is 14.7. The summed E-state index contributed by atoms with van der Waals surface area (Å²) in [6, 6.07) is 2.65. The lowest BCUT2D eigenvalue weighted by Gasteiger charge is -2.38. The van der Waals surface area contributed by atoms with Crippen molar-refractivity contribution in [1.29, 1.82) is 0 Å². The molecule has 5 N–H and O–H groups in total. The zero-order valence-electron chi connectivity index (χ0n) is 16.6. The lowest BCUT2D eigenvalue weighted by atomic mass is 9.87. The molecular weight excluding hydrogens is 429 g/mol. The summed E-state index contributed by atoms with van der Waals surface area (Å²) in [4.78, 5) is 21.1. The first-order chi connectivity index (χ1) is 14.8. The summed E-state index contributed by atoms with van der Waals surface area (Å²) in [5.74, 6) is -4.84. The summed E-state index contributed by atoms with van der Waals surface area (Å²) in [5.41, 5.74) is 5.89. The maximum Gasteiger partial charge on any atom is 0.265 e. The minimum atomic E-state index is -2.93. The number of anilines is 3. The SMILES string of the molecule is CNC1[C@H](Nc2nc(Nc3csc4ncccc34)c(C(N)=O)cc2F)CCCC1(F)F. The molecule has 1 aliphatic rings. The summed E-state index contributed by atoms with van der Waals surface area (Å²) in [6.07, 6.45) is 2.14. The molecule has 3 aromatic rings. The van der Waals surface area contributed by atoms with E-state index < -0.39 is 29.7 Å². The molecule has 7 nitrogen and oxygen atoms in total. The van der Waals surface area contributed by atoms with Crippen LogP contribution in [-0.2, 0) is 0 Å². The van der Waals surface area contributed by atoms with Gasteiger partial charge in [0.15, 0.2) is 11.6 Å². The van der Waals surface area contributed by atoms with Gasteiger partial charge in [-0.2, -0.15) is 0 Å². The number of pyridine rings is 2. The van der Waals surface area contributed by atoms with Crippen LogP contribution in [0.2, 0.25) is 0 Å². The third-order valence-electron chi connectivity index (χ3n) is 5.36. The Morgan fingerprint density at radius 1 is 1.35 bits per heavy atom. The fraction of sp³-hybridized carbons (Fsp3) is 0.350. The quantitative estimate of drug-likeness (QED) is 0.455. The van der Waals surface area contributed by atoms with Gasteiger partial charge in [0.25, 0.3) is 11.8 Å². The van der Waals surface area contributed by atoms with Gasteiger partial charge in [-0.15, -0.1) is 11.3 Å². The summed E-state index contributed by atoms with van der Waals surface area (Å²) in [5, 5.41) is 11.0. The molecule has 3 heterocycles. The van der Waals surface area contributed by atoms with Crippen LogP contribution in [-0.4, -0.2) is 40.9 Å². The average Bonchev–Trinajstić information content (AvgIpc) is 3.12. The van der Waals surface area contributed by atoms with Gasteiger partial charge in [0.1, 0.15) is 10.6 Å². The van der Waals surface area contributed by atoms with Crippen LogP contribution in [0.4, 0.5) is 30.5 Å². The highest BCUT2D eigenvalue weighted by Crippen LogP contribution is 2.36. The van der Waals surface area contributed by atoms with E-state index in [1.807, 2.05) is 6.07 Å². The Morgan fingerprint density at radius 2 is 2.16 bits per heavy atom. The van der Waals surface area contributed by atoms with Crippen molar-refractivity contribution >= 4 is 44.8 Å². The van der Waals surface area contributed by atoms with Crippen LogP contribution in [0.25, 0.3) is 10.2 Å². The number of halogens is 3. The van der Waals surface area contributed by atoms with Crippen molar-refractivity contribution in [3.05, 3.63) is 41.2 Å². The van der Waals surface area contributed by atoms with Crippen molar-refractivity contribution in [2.75, 3.05) is 17.7 Å². The van der Waals surface area contributed by atoms with Gasteiger partial charge < -0.3 is 21.7 Å². The van der Waals surface area contributed by atoms with Crippen molar-refractivity contribution in [3.8, 4) is 0 Å². The predicted octanol–water partition coefficient (Wildman–Crippen LogP) is 3.86. The molecule has 0 radical (unpaired) electrons. The number of hydrogen-bond donors (Lipinski definition) is 4. The highest BCUT2D eigenvalue weighted by molar-refractivity contribution is 7.17. The number of primary amides is 1. The van der Waals surface area contributed by atoms with Crippen molar-refractivity contribution in [2.45, 2.75) is 37.3 Å². The minimum absolute atomic E-state index is 0.0310. The Bertz CT molecular complexity index is 1120. The lowest BCUT2D eigenvalue weighted by Crippen LogP contribution is -2.56. The number of nitrogens with two attached hydrogens (primary N) is 1. The van der Waals surface area contributed by atoms with Crippen LogP contribution in [0, 0.1) is 5.82 Å². The largest absolute Gasteiger partial charge is 0.365 e. The molecule has 3 aromatic heterocycles. The Hall–Kier alpha value is -2.92. The number of carbonyl (C=O) groups is 1. The Balaban J connectivity index is 1.69. The Morgan fingerprint density at radius 3 is 2.90 bits per heavy atom.